The lowest BCUT2D eigenvalue weighted by Gasteiger charge is -2.23. The molecule has 158 valence electrons. The molecule has 1 saturated heterocycles. The van der Waals surface area contributed by atoms with E-state index in [1.165, 1.54) is 23.9 Å². The highest BCUT2D eigenvalue weighted by Crippen LogP contribution is 2.41. The first-order valence-corrected chi connectivity index (χ1v) is 11.4. The van der Waals surface area contributed by atoms with Crippen LogP contribution in [0.5, 0.6) is 0 Å². The van der Waals surface area contributed by atoms with Crippen molar-refractivity contribution < 1.29 is 9.18 Å². The Morgan fingerprint density at radius 3 is 2.31 bits per heavy atom. The van der Waals surface area contributed by atoms with Gasteiger partial charge in [-0.2, -0.15) is 0 Å². The molecule has 0 aliphatic carbocycles. The number of thioether (sulfide) groups is 1. The smallest absolute Gasteiger partial charge is 0.240 e. The summed E-state index contributed by atoms with van der Waals surface area (Å²) < 4.78 is 13.9. The van der Waals surface area contributed by atoms with Gasteiger partial charge in [0.15, 0.2) is 0 Å². The van der Waals surface area contributed by atoms with Crippen molar-refractivity contribution >= 4 is 35.2 Å². The van der Waals surface area contributed by atoms with Gasteiger partial charge in [-0.1, -0.05) is 66.2 Å². The van der Waals surface area contributed by atoms with Crippen LogP contribution in [0, 0.1) is 5.82 Å². The summed E-state index contributed by atoms with van der Waals surface area (Å²) in [6.07, 6.45) is 0. The van der Waals surface area contributed by atoms with Crippen molar-refractivity contribution in [3.8, 4) is 22.5 Å². The number of aromatic nitrogens is 2. The van der Waals surface area contributed by atoms with Crippen LogP contribution in [0.3, 0.4) is 0 Å². The third-order valence-corrected chi connectivity index (χ3v) is 6.61. The van der Waals surface area contributed by atoms with E-state index in [2.05, 4.69) is 4.98 Å². The zero-order valence-electron chi connectivity index (χ0n) is 16.8. The quantitative estimate of drug-likeness (QED) is 0.353. The van der Waals surface area contributed by atoms with Gasteiger partial charge in [-0.25, -0.2) is 14.4 Å². The first-order valence-electron chi connectivity index (χ1n) is 9.98. The molecular weight excluding hydrogens is 445 g/mol. The highest BCUT2D eigenvalue weighted by atomic mass is 35.5. The van der Waals surface area contributed by atoms with Crippen molar-refractivity contribution in [1.29, 1.82) is 0 Å². The molecule has 0 N–H and O–H groups in total. The summed E-state index contributed by atoms with van der Waals surface area (Å²) in [4.78, 5) is 23.9. The second kappa shape index (κ2) is 8.73. The van der Waals surface area contributed by atoms with Gasteiger partial charge >= 0.3 is 0 Å². The third-order valence-electron chi connectivity index (χ3n) is 5.14. The fraction of sp³-hybridized carbons (Fsp3) is 0.0800. The van der Waals surface area contributed by atoms with Crippen LogP contribution in [-0.2, 0) is 4.79 Å². The van der Waals surface area contributed by atoms with Crippen LogP contribution in [0.25, 0.3) is 22.5 Å². The van der Waals surface area contributed by atoms with Gasteiger partial charge < -0.3 is 0 Å². The van der Waals surface area contributed by atoms with E-state index in [-0.39, 0.29) is 17.1 Å². The molecule has 4 aromatic rings. The van der Waals surface area contributed by atoms with E-state index in [4.69, 9.17) is 16.6 Å². The molecule has 1 fully saturated rings. The van der Waals surface area contributed by atoms with Crippen LogP contribution in [0.4, 0.5) is 10.3 Å². The molecule has 5 rings (SSSR count). The summed E-state index contributed by atoms with van der Waals surface area (Å²) in [7, 11) is 0. The van der Waals surface area contributed by atoms with Gasteiger partial charge in [0.25, 0.3) is 0 Å². The molecule has 3 aromatic carbocycles. The van der Waals surface area contributed by atoms with Crippen LogP contribution in [0.15, 0.2) is 84.9 Å². The molecule has 32 heavy (non-hydrogen) atoms. The van der Waals surface area contributed by atoms with Gasteiger partial charge in [0.2, 0.25) is 11.9 Å². The predicted octanol–water partition coefficient (Wildman–Crippen LogP) is 6.38. The topological polar surface area (TPSA) is 46.1 Å². The fourth-order valence-corrected chi connectivity index (χ4v) is 4.89. The van der Waals surface area contributed by atoms with Gasteiger partial charge in [0.05, 0.1) is 17.1 Å². The number of halogens is 2. The van der Waals surface area contributed by atoms with Crippen molar-refractivity contribution in [2.45, 2.75) is 5.37 Å². The van der Waals surface area contributed by atoms with Crippen molar-refractivity contribution in [1.82, 2.24) is 9.97 Å². The normalized spacial score (nSPS) is 15.9. The Balaban J connectivity index is 1.67. The first-order chi connectivity index (χ1) is 15.6. The molecule has 7 heteroatoms. The number of carbonyl (C=O) groups excluding carboxylic acids is 1. The molecule has 1 unspecified atom stereocenters. The van der Waals surface area contributed by atoms with Gasteiger partial charge in [0, 0.05) is 16.1 Å². The van der Waals surface area contributed by atoms with Crippen LogP contribution in [0.2, 0.25) is 5.02 Å². The Morgan fingerprint density at radius 1 is 0.875 bits per heavy atom. The van der Waals surface area contributed by atoms with Crippen molar-refractivity contribution in [3.05, 3.63) is 101 Å². The van der Waals surface area contributed by atoms with E-state index >= 15 is 0 Å². The largest absolute Gasteiger partial charge is 0.273 e. The summed E-state index contributed by atoms with van der Waals surface area (Å²) in [5.41, 5.74) is 3.60. The van der Waals surface area contributed by atoms with Crippen LogP contribution in [-0.4, -0.2) is 21.6 Å². The van der Waals surface area contributed by atoms with Gasteiger partial charge in [-0.15, -0.1) is 11.8 Å². The number of rotatable bonds is 4. The van der Waals surface area contributed by atoms with Crippen LogP contribution in [0.1, 0.15) is 10.9 Å². The summed E-state index contributed by atoms with van der Waals surface area (Å²) in [6.45, 7) is 0. The molecule has 1 atom stereocenters. The van der Waals surface area contributed by atoms with E-state index in [0.29, 0.717) is 33.7 Å². The van der Waals surface area contributed by atoms with Crippen LogP contribution >= 0.6 is 23.4 Å². The van der Waals surface area contributed by atoms with Crippen molar-refractivity contribution in [2.24, 2.45) is 0 Å². The summed E-state index contributed by atoms with van der Waals surface area (Å²) in [5.74, 6) is 0.206. The standard InChI is InChI=1S/C25H17ClFN3OS/c26-19-11-9-16(10-12-19)21-14-22(18-7-4-8-20(27)13-18)29-25(28-21)30-23(31)15-32-24(30)17-5-2-1-3-6-17/h1-14,24H,15H2. The molecule has 0 radical (unpaired) electrons. The maximum atomic E-state index is 13.9. The Morgan fingerprint density at radius 2 is 1.59 bits per heavy atom. The minimum atomic E-state index is -0.356. The molecule has 0 bridgehead atoms. The molecule has 0 saturated carbocycles. The first kappa shape index (κ1) is 20.7. The summed E-state index contributed by atoms with van der Waals surface area (Å²) >= 11 is 7.59. The fourth-order valence-electron chi connectivity index (χ4n) is 3.61. The van der Waals surface area contributed by atoms with E-state index in [0.717, 1.165) is 11.1 Å². The minimum absolute atomic E-state index is 0.0673. The number of hydrogen-bond acceptors (Lipinski definition) is 4. The molecule has 1 aromatic heterocycles. The molecule has 2 heterocycles. The third kappa shape index (κ3) is 4.11. The number of benzene rings is 3. The maximum Gasteiger partial charge on any atom is 0.240 e. The van der Waals surface area contributed by atoms with E-state index in [1.807, 2.05) is 42.5 Å². The van der Waals surface area contributed by atoms with Crippen molar-refractivity contribution in [3.63, 3.8) is 0 Å². The molecule has 4 nitrogen and oxygen atoms in total. The molecule has 1 aliphatic rings. The Kier molecular flexibility index (Phi) is 5.64. The van der Waals surface area contributed by atoms with Crippen LogP contribution < -0.4 is 4.90 Å². The minimum Gasteiger partial charge on any atom is -0.273 e. The van der Waals surface area contributed by atoms with Gasteiger partial charge in [0.1, 0.15) is 11.2 Å². The maximum absolute atomic E-state index is 13.9. The lowest BCUT2D eigenvalue weighted by Crippen LogP contribution is -2.29. The Labute approximate surface area is 194 Å². The highest BCUT2D eigenvalue weighted by molar-refractivity contribution is 8.00. The zero-order valence-corrected chi connectivity index (χ0v) is 18.4. The zero-order chi connectivity index (χ0) is 22.1. The second-order valence-electron chi connectivity index (χ2n) is 7.29. The summed E-state index contributed by atoms with van der Waals surface area (Å²) in [5, 5.41) is 0.383. The van der Waals surface area contributed by atoms with E-state index in [9.17, 15) is 9.18 Å². The lowest BCUT2D eigenvalue weighted by molar-refractivity contribution is -0.115. The van der Waals surface area contributed by atoms with Gasteiger partial charge in [-0.05, 0) is 35.9 Å². The number of carbonyl (C=O) groups is 1. The molecular formula is C25H17ClFN3OS. The molecule has 1 amide bonds. The molecule has 0 spiro atoms. The Hall–Kier alpha value is -3.22. The average Bonchev–Trinajstić information content (AvgIpc) is 3.21. The molecule has 1 aliphatic heterocycles. The number of hydrogen-bond donors (Lipinski definition) is 0. The Bertz CT molecular complexity index is 1280. The number of anilines is 1. The average molecular weight is 462 g/mol. The number of nitrogens with zero attached hydrogens (tertiary/aromatic N) is 3. The second-order valence-corrected chi connectivity index (χ2v) is 8.80. The number of amides is 1. The monoisotopic (exact) mass is 461 g/mol. The van der Waals surface area contributed by atoms with E-state index in [1.54, 1.807) is 35.2 Å². The predicted molar refractivity (Wildman–Crippen MR) is 127 cm³/mol. The summed E-state index contributed by atoms with van der Waals surface area (Å²) in [6, 6.07) is 25.1. The van der Waals surface area contributed by atoms with E-state index < -0.39 is 0 Å². The van der Waals surface area contributed by atoms with Gasteiger partial charge in [-0.3, -0.25) is 9.69 Å². The highest BCUT2D eigenvalue weighted by Gasteiger charge is 2.36. The van der Waals surface area contributed by atoms with Crippen molar-refractivity contribution in [2.75, 3.05) is 10.7 Å². The SMILES string of the molecule is O=C1CSC(c2ccccc2)N1c1nc(-c2ccc(Cl)cc2)cc(-c2cccc(F)c2)n1. The lowest BCUT2D eigenvalue weighted by atomic mass is 10.1.